The third-order valence-corrected chi connectivity index (χ3v) is 7.49. The van der Waals surface area contributed by atoms with Crippen molar-refractivity contribution < 1.29 is 9.18 Å². The van der Waals surface area contributed by atoms with E-state index < -0.39 is 0 Å². The van der Waals surface area contributed by atoms with E-state index in [2.05, 4.69) is 70.4 Å². The zero-order valence-corrected chi connectivity index (χ0v) is 21.6. The smallest absolute Gasteiger partial charge is 0.220 e. The Morgan fingerprint density at radius 2 is 1.76 bits per heavy atom. The lowest BCUT2D eigenvalue weighted by molar-refractivity contribution is -0.121. The lowest BCUT2D eigenvalue weighted by atomic mass is 9.87. The van der Waals surface area contributed by atoms with Gasteiger partial charge in [0.1, 0.15) is 5.82 Å². The van der Waals surface area contributed by atoms with Crippen LogP contribution in [0.5, 0.6) is 0 Å². The number of hydrogen-bond donors (Lipinski definition) is 1. The number of para-hydroxylation sites is 1. The third kappa shape index (κ3) is 6.28. The fourth-order valence-electron chi connectivity index (χ4n) is 5.56. The quantitative estimate of drug-likeness (QED) is 0.296. The van der Waals surface area contributed by atoms with Crippen molar-refractivity contribution in [3.63, 3.8) is 0 Å². The fraction of sp³-hybridized carbons (Fsp3) is 0.344. The van der Waals surface area contributed by atoms with Gasteiger partial charge in [-0.05, 0) is 67.7 Å². The minimum Gasteiger partial charge on any atom is -0.355 e. The summed E-state index contributed by atoms with van der Waals surface area (Å²) >= 11 is 0. The first kappa shape index (κ1) is 25.2. The molecule has 5 heteroatoms. The molecule has 1 aliphatic heterocycles. The number of amides is 1. The third-order valence-electron chi connectivity index (χ3n) is 7.49. The van der Waals surface area contributed by atoms with Crippen LogP contribution in [0.4, 0.5) is 4.39 Å². The molecule has 3 aromatic carbocycles. The lowest BCUT2D eigenvalue weighted by Crippen LogP contribution is -2.38. The molecule has 37 heavy (non-hydrogen) atoms. The second-order valence-electron chi connectivity index (χ2n) is 10.3. The van der Waals surface area contributed by atoms with E-state index in [0.29, 0.717) is 19.5 Å². The van der Waals surface area contributed by atoms with Crippen molar-refractivity contribution in [1.82, 2.24) is 14.8 Å². The number of carbonyl (C=O) groups is 1. The summed E-state index contributed by atoms with van der Waals surface area (Å²) in [6.45, 7) is 6.61. The highest BCUT2D eigenvalue weighted by atomic mass is 19.1. The number of carbonyl (C=O) groups excluding carboxylic acids is 1. The highest BCUT2D eigenvalue weighted by molar-refractivity contribution is 5.86. The Labute approximate surface area is 219 Å². The van der Waals surface area contributed by atoms with Crippen molar-refractivity contribution in [3.05, 3.63) is 107 Å². The number of hydrogen-bond acceptors (Lipinski definition) is 2. The van der Waals surface area contributed by atoms with Crippen LogP contribution < -0.4 is 5.32 Å². The van der Waals surface area contributed by atoms with E-state index in [1.165, 1.54) is 37.0 Å². The second-order valence-corrected chi connectivity index (χ2v) is 10.3. The summed E-state index contributed by atoms with van der Waals surface area (Å²) in [5, 5.41) is 4.34. The average molecular weight is 498 g/mol. The van der Waals surface area contributed by atoms with E-state index >= 15 is 0 Å². The van der Waals surface area contributed by atoms with E-state index in [4.69, 9.17) is 0 Å². The molecule has 0 spiro atoms. The summed E-state index contributed by atoms with van der Waals surface area (Å²) in [4.78, 5) is 15.7. The number of benzene rings is 3. The number of nitrogens with one attached hydrogen (secondary N) is 1. The maximum absolute atomic E-state index is 13.5. The minimum atomic E-state index is -0.229. The molecule has 1 fully saturated rings. The molecule has 5 rings (SSSR count). The molecule has 0 saturated carbocycles. The van der Waals surface area contributed by atoms with Gasteiger partial charge in [0.15, 0.2) is 0 Å². The Hall–Kier alpha value is -3.44. The highest BCUT2D eigenvalue weighted by Crippen LogP contribution is 2.35. The number of halogens is 1. The monoisotopic (exact) mass is 497 g/mol. The first-order valence-corrected chi connectivity index (χ1v) is 13.4. The van der Waals surface area contributed by atoms with E-state index in [1.54, 1.807) is 0 Å². The van der Waals surface area contributed by atoms with Crippen LogP contribution in [0.15, 0.2) is 79.0 Å². The van der Waals surface area contributed by atoms with Gasteiger partial charge in [0, 0.05) is 49.1 Å². The molecule has 1 N–H and O–H groups in total. The molecule has 0 bridgehead atoms. The molecule has 1 amide bonds. The standard InChI is InChI=1S/C32H36FN3O/c1-24-8-7-9-26(20-24)29(21-32(37)34-16-19-35-17-5-2-6-18-35)30-23-36(31-11-4-3-10-28(30)31)22-25-12-14-27(33)15-13-25/h3-4,7-15,20,23,29H,2,5-6,16-19,21-22H2,1H3,(H,34,37)/t29-/m0/s1. The van der Waals surface area contributed by atoms with Gasteiger partial charge in [0.25, 0.3) is 0 Å². The van der Waals surface area contributed by atoms with E-state index in [-0.39, 0.29) is 17.6 Å². The number of piperidine rings is 1. The van der Waals surface area contributed by atoms with Crippen molar-refractivity contribution in [2.24, 2.45) is 0 Å². The normalized spacial score (nSPS) is 15.1. The van der Waals surface area contributed by atoms with Crippen LogP contribution in [0.25, 0.3) is 10.9 Å². The average Bonchev–Trinajstić information content (AvgIpc) is 3.27. The topological polar surface area (TPSA) is 37.3 Å². The summed E-state index contributed by atoms with van der Waals surface area (Å²) in [5.74, 6) is -0.208. The highest BCUT2D eigenvalue weighted by Gasteiger charge is 2.23. The fourth-order valence-corrected chi connectivity index (χ4v) is 5.56. The van der Waals surface area contributed by atoms with Crippen LogP contribution in [0.3, 0.4) is 0 Å². The van der Waals surface area contributed by atoms with E-state index in [9.17, 15) is 9.18 Å². The van der Waals surface area contributed by atoms with Crippen LogP contribution in [0, 0.1) is 12.7 Å². The number of nitrogens with zero attached hydrogens (tertiary/aromatic N) is 2. The number of likely N-dealkylation sites (tertiary alicyclic amines) is 1. The number of fused-ring (bicyclic) bond motifs is 1. The summed E-state index contributed by atoms with van der Waals surface area (Å²) in [6, 6.07) is 23.5. The Bertz CT molecular complexity index is 1340. The van der Waals surface area contributed by atoms with Gasteiger partial charge in [-0.1, -0.05) is 66.6 Å². The van der Waals surface area contributed by atoms with Gasteiger partial charge in [0.05, 0.1) is 0 Å². The van der Waals surface area contributed by atoms with Gasteiger partial charge in [-0.15, -0.1) is 0 Å². The van der Waals surface area contributed by atoms with Crippen LogP contribution >= 0.6 is 0 Å². The first-order chi connectivity index (χ1) is 18.1. The summed E-state index contributed by atoms with van der Waals surface area (Å²) in [5.41, 5.74) is 5.63. The predicted octanol–water partition coefficient (Wildman–Crippen LogP) is 6.26. The molecular weight excluding hydrogens is 461 g/mol. The van der Waals surface area contributed by atoms with Gasteiger partial charge in [-0.3, -0.25) is 4.79 Å². The Morgan fingerprint density at radius 3 is 2.54 bits per heavy atom. The van der Waals surface area contributed by atoms with Gasteiger partial charge in [-0.2, -0.15) is 0 Å². The van der Waals surface area contributed by atoms with Crippen LogP contribution in [0.2, 0.25) is 0 Å². The van der Waals surface area contributed by atoms with Gasteiger partial charge in [0.2, 0.25) is 5.91 Å². The van der Waals surface area contributed by atoms with E-state index in [0.717, 1.165) is 47.2 Å². The van der Waals surface area contributed by atoms with Crippen LogP contribution in [-0.4, -0.2) is 41.6 Å². The molecular formula is C32H36FN3O. The number of rotatable bonds is 9. The number of aromatic nitrogens is 1. The number of aryl methyl sites for hydroxylation is 1. The lowest BCUT2D eigenvalue weighted by Gasteiger charge is -2.26. The molecule has 2 heterocycles. The van der Waals surface area contributed by atoms with E-state index in [1.807, 2.05) is 18.2 Å². The Kier molecular flexibility index (Phi) is 8.00. The van der Waals surface area contributed by atoms with Crippen molar-refractivity contribution in [2.75, 3.05) is 26.2 Å². The van der Waals surface area contributed by atoms with Gasteiger partial charge >= 0.3 is 0 Å². The Morgan fingerprint density at radius 1 is 0.973 bits per heavy atom. The maximum Gasteiger partial charge on any atom is 0.220 e. The molecule has 0 unspecified atom stereocenters. The first-order valence-electron chi connectivity index (χ1n) is 13.4. The molecule has 0 aliphatic carbocycles. The van der Waals surface area contributed by atoms with Crippen LogP contribution in [-0.2, 0) is 11.3 Å². The van der Waals surface area contributed by atoms with Crippen LogP contribution in [0.1, 0.15) is 53.9 Å². The zero-order chi connectivity index (χ0) is 25.6. The van der Waals surface area contributed by atoms with Crippen molar-refractivity contribution in [2.45, 2.75) is 45.1 Å². The zero-order valence-electron chi connectivity index (χ0n) is 21.6. The van der Waals surface area contributed by atoms with Crippen molar-refractivity contribution >= 4 is 16.8 Å². The molecule has 4 nitrogen and oxygen atoms in total. The summed E-state index contributed by atoms with van der Waals surface area (Å²) < 4.78 is 15.7. The Balaban J connectivity index is 1.41. The molecule has 1 atom stereocenters. The summed E-state index contributed by atoms with van der Waals surface area (Å²) in [6.07, 6.45) is 6.41. The molecule has 1 saturated heterocycles. The minimum absolute atomic E-state index is 0.0609. The maximum atomic E-state index is 13.5. The van der Waals surface area contributed by atoms with Crippen molar-refractivity contribution in [3.8, 4) is 0 Å². The molecule has 192 valence electrons. The molecule has 1 aliphatic rings. The SMILES string of the molecule is Cc1cccc([C@H](CC(=O)NCCN2CCCCC2)c2cn(Cc3ccc(F)cc3)c3ccccc23)c1. The largest absolute Gasteiger partial charge is 0.355 e. The van der Waals surface area contributed by atoms with Crippen molar-refractivity contribution in [1.29, 1.82) is 0 Å². The van der Waals surface area contributed by atoms with Gasteiger partial charge in [-0.25, -0.2) is 4.39 Å². The van der Waals surface area contributed by atoms with Gasteiger partial charge < -0.3 is 14.8 Å². The summed E-state index contributed by atoms with van der Waals surface area (Å²) in [7, 11) is 0. The molecule has 1 aromatic heterocycles. The predicted molar refractivity (Wildman–Crippen MR) is 148 cm³/mol. The molecule has 0 radical (unpaired) electrons. The molecule has 4 aromatic rings. The second kappa shape index (κ2) is 11.7.